The number of benzene rings is 1. The first kappa shape index (κ1) is 15.0. The molecule has 0 radical (unpaired) electrons. The van der Waals surface area contributed by atoms with Crippen LogP contribution >= 0.6 is 0 Å². The molecule has 0 saturated heterocycles. The van der Waals surface area contributed by atoms with Gasteiger partial charge in [-0.25, -0.2) is 0 Å². The fourth-order valence-electron chi connectivity index (χ4n) is 1.55. The summed E-state index contributed by atoms with van der Waals surface area (Å²) in [4.78, 5) is 22.5. The zero-order valence-electron chi connectivity index (χ0n) is 11.5. The van der Waals surface area contributed by atoms with Crippen molar-refractivity contribution in [1.29, 1.82) is 0 Å². The molecule has 0 bridgehead atoms. The van der Waals surface area contributed by atoms with Crippen molar-refractivity contribution in [1.82, 2.24) is 0 Å². The highest BCUT2D eigenvalue weighted by Crippen LogP contribution is 2.17. The SMILES string of the molecule is CC(C)Oc1ccc(NC(=O)C(C)CC(N)=O)cc1. The Kier molecular flexibility index (Phi) is 5.36. The molecular formula is C14H20N2O3. The third kappa shape index (κ3) is 5.42. The Morgan fingerprint density at radius 2 is 1.79 bits per heavy atom. The van der Waals surface area contributed by atoms with E-state index in [1.807, 2.05) is 13.8 Å². The summed E-state index contributed by atoms with van der Waals surface area (Å²) in [5, 5.41) is 2.73. The van der Waals surface area contributed by atoms with E-state index >= 15 is 0 Å². The molecule has 1 rings (SSSR count). The maximum Gasteiger partial charge on any atom is 0.227 e. The molecule has 0 aliphatic heterocycles. The number of amides is 2. The van der Waals surface area contributed by atoms with Gasteiger partial charge in [0.05, 0.1) is 6.10 Å². The van der Waals surface area contributed by atoms with E-state index in [9.17, 15) is 9.59 Å². The van der Waals surface area contributed by atoms with E-state index in [2.05, 4.69) is 5.32 Å². The maximum atomic E-state index is 11.8. The van der Waals surface area contributed by atoms with Gasteiger partial charge < -0.3 is 15.8 Å². The van der Waals surface area contributed by atoms with Crippen LogP contribution in [-0.2, 0) is 9.59 Å². The number of primary amides is 1. The summed E-state index contributed by atoms with van der Waals surface area (Å²) in [5.74, 6) is -0.401. The van der Waals surface area contributed by atoms with E-state index in [-0.39, 0.29) is 18.4 Å². The number of anilines is 1. The van der Waals surface area contributed by atoms with Gasteiger partial charge in [-0.3, -0.25) is 9.59 Å². The molecule has 0 aromatic heterocycles. The molecule has 5 heteroatoms. The molecular weight excluding hydrogens is 244 g/mol. The molecule has 5 nitrogen and oxygen atoms in total. The minimum Gasteiger partial charge on any atom is -0.491 e. The predicted octanol–water partition coefficient (Wildman–Crippen LogP) is 1.92. The largest absolute Gasteiger partial charge is 0.491 e. The standard InChI is InChI=1S/C14H20N2O3/c1-9(2)19-12-6-4-11(5-7-12)16-14(18)10(3)8-13(15)17/h4-7,9-10H,8H2,1-3H3,(H2,15,17)(H,16,18). The second-order valence-electron chi connectivity index (χ2n) is 4.75. The summed E-state index contributed by atoms with van der Waals surface area (Å²) in [6.07, 6.45) is 0.149. The van der Waals surface area contributed by atoms with Gasteiger partial charge in [0.1, 0.15) is 5.75 Å². The van der Waals surface area contributed by atoms with E-state index in [1.165, 1.54) is 0 Å². The van der Waals surface area contributed by atoms with Gasteiger partial charge in [0.25, 0.3) is 0 Å². The zero-order chi connectivity index (χ0) is 14.4. The molecule has 3 N–H and O–H groups in total. The van der Waals surface area contributed by atoms with Crippen molar-refractivity contribution in [3.8, 4) is 5.75 Å². The van der Waals surface area contributed by atoms with Crippen LogP contribution in [-0.4, -0.2) is 17.9 Å². The summed E-state index contributed by atoms with van der Waals surface area (Å²) in [7, 11) is 0. The monoisotopic (exact) mass is 264 g/mol. The molecule has 104 valence electrons. The Bertz CT molecular complexity index is 441. The van der Waals surface area contributed by atoms with E-state index < -0.39 is 11.8 Å². The Balaban J connectivity index is 2.57. The maximum absolute atomic E-state index is 11.8. The van der Waals surface area contributed by atoms with E-state index in [0.717, 1.165) is 5.75 Å². The van der Waals surface area contributed by atoms with Crippen LogP contribution < -0.4 is 15.8 Å². The third-order valence-corrected chi connectivity index (χ3v) is 2.45. The summed E-state index contributed by atoms with van der Waals surface area (Å²) in [6.45, 7) is 5.55. The number of ether oxygens (including phenoxy) is 1. The Morgan fingerprint density at radius 1 is 1.21 bits per heavy atom. The molecule has 19 heavy (non-hydrogen) atoms. The molecule has 0 spiro atoms. The molecule has 1 atom stereocenters. The first-order valence-electron chi connectivity index (χ1n) is 6.24. The average Bonchev–Trinajstić information content (AvgIpc) is 2.30. The number of hydrogen-bond acceptors (Lipinski definition) is 3. The number of carbonyl (C=O) groups is 2. The normalized spacial score (nSPS) is 12.0. The van der Waals surface area contributed by atoms with Crippen molar-refractivity contribution in [2.24, 2.45) is 11.7 Å². The van der Waals surface area contributed by atoms with Crippen molar-refractivity contribution in [2.45, 2.75) is 33.3 Å². The topological polar surface area (TPSA) is 81.4 Å². The van der Waals surface area contributed by atoms with Gasteiger partial charge in [-0.2, -0.15) is 0 Å². The van der Waals surface area contributed by atoms with Crippen molar-refractivity contribution >= 4 is 17.5 Å². The van der Waals surface area contributed by atoms with Crippen LogP contribution in [0.15, 0.2) is 24.3 Å². The van der Waals surface area contributed by atoms with Gasteiger partial charge in [0.15, 0.2) is 0 Å². The lowest BCUT2D eigenvalue weighted by Gasteiger charge is -2.12. The van der Waals surface area contributed by atoms with Gasteiger partial charge >= 0.3 is 0 Å². The van der Waals surface area contributed by atoms with E-state index in [1.54, 1.807) is 31.2 Å². The molecule has 0 saturated carbocycles. The molecule has 0 aliphatic rings. The fraction of sp³-hybridized carbons (Fsp3) is 0.429. The minimum absolute atomic E-state index is 0.0420. The predicted molar refractivity (Wildman–Crippen MR) is 73.8 cm³/mol. The van der Waals surface area contributed by atoms with Crippen LogP contribution in [0.25, 0.3) is 0 Å². The second kappa shape index (κ2) is 6.78. The van der Waals surface area contributed by atoms with Gasteiger partial charge in [0, 0.05) is 18.0 Å². The van der Waals surface area contributed by atoms with Gasteiger partial charge in [-0.15, -0.1) is 0 Å². The van der Waals surface area contributed by atoms with Gasteiger partial charge in [-0.1, -0.05) is 6.92 Å². The molecule has 1 unspecified atom stereocenters. The molecule has 1 aromatic rings. The van der Waals surface area contributed by atoms with Crippen LogP contribution in [0.5, 0.6) is 5.75 Å². The average molecular weight is 264 g/mol. The lowest BCUT2D eigenvalue weighted by molar-refractivity contribution is -0.125. The lowest BCUT2D eigenvalue weighted by Crippen LogP contribution is -2.25. The van der Waals surface area contributed by atoms with Gasteiger partial charge in [0.2, 0.25) is 11.8 Å². The number of hydrogen-bond donors (Lipinski definition) is 2. The van der Waals surface area contributed by atoms with Crippen molar-refractivity contribution < 1.29 is 14.3 Å². The molecule has 0 aliphatic carbocycles. The summed E-state index contributed by atoms with van der Waals surface area (Å²) < 4.78 is 5.50. The Labute approximate surface area is 113 Å². The zero-order valence-corrected chi connectivity index (χ0v) is 11.5. The molecule has 0 fully saturated rings. The summed E-state index contributed by atoms with van der Waals surface area (Å²) in [5.41, 5.74) is 5.72. The van der Waals surface area contributed by atoms with Crippen LogP contribution in [0, 0.1) is 5.92 Å². The van der Waals surface area contributed by atoms with Crippen LogP contribution in [0.1, 0.15) is 27.2 Å². The number of rotatable bonds is 6. The first-order chi connectivity index (χ1) is 8.88. The number of nitrogens with two attached hydrogens (primary N) is 1. The summed E-state index contributed by atoms with van der Waals surface area (Å²) >= 11 is 0. The van der Waals surface area contributed by atoms with Crippen molar-refractivity contribution in [3.63, 3.8) is 0 Å². The fourth-order valence-corrected chi connectivity index (χ4v) is 1.55. The van der Waals surface area contributed by atoms with Crippen LogP contribution in [0.4, 0.5) is 5.69 Å². The Hall–Kier alpha value is -2.04. The Morgan fingerprint density at radius 3 is 2.26 bits per heavy atom. The van der Waals surface area contributed by atoms with E-state index in [0.29, 0.717) is 5.69 Å². The molecule has 0 heterocycles. The highest BCUT2D eigenvalue weighted by molar-refractivity contribution is 5.94. The smallest absolute Gasteiger partial charge is 0.227 e. The second-order valence-corrected chi connectivity index (χ2v) is 4.75. The highest BCUT2D eigenvalue weighted by Gasteiger charge is 2.15. The van der Waals surface area contributed by atoms with Crippen molar-refractivity contribution in [2.75, 3.05) is 5.32 Å². The lowest BCUT2D eigenvalue weighted by atomic mass is 10.1. The first-order valence-corrected chi connectivity index (χ1v) is 6.24. The van der Waals surface area contributed by atoms with Gasteiger partial charge in [-0.05, 0) is 38.1 Å². The quantitative estimate of drug-likeness (QED) is 0.823. The highest BCUT2D eigenvalue weighted by atomic mass is 16.5. The minimum atomic E-state index is -0.483. The third-order valence-electron chi connectivity index (χ3n) is 2.45. The van der Waals surface area contributed by atoms with Crippen LogP contribution in [0.2, 0.25) is 0 Å². The van der Waals surface area contributed by atoms with E-state index in [4.69, 9.17) is 10.5 Å². The number of nitrogens with one attached hydrogen (secondary N) is 1. The molecule has 1 aromatic carbocycles. The molecule has 2 amide bonds. The number of carbonyl (C=O) groups excluding carboxylic acids is 2. The van der Waals surface area contributed by atoms with Crippen molar-refractivity contribution in [3.05, 3.63) is 24.3 Å². The van der Waals surface area contributed by atoms with Crippen LogP contribution in [0.3, 0.4) is 0 Å². The summed E-state index contributed by atoms with van der Waals surface area (Å²) in [6, 6.07) is 7.09.